The maximum atomic E-state index is 12.8. The molecule has 28 heavy (non-hydrogen) atoms. The van der Waals surface area contributed by atoms with Gasteiger partial charge in [-0.2, -0.15) is 0 Å². The molecular formula is C19H22ClN3O4S. The lowest BCUT2D eigenvalue weighted by molar-refractivity contribution is -0.114. The van der Waals surface area contributed by atoms with Gasteiger partial charge in [0.05, 0.1) is 26.9 Å². The molecule has 2 amide bonds. The predicted molar refractivity (Wildman–Crippen MR) is 110 cm³/mol. The number of halogens is 1. The number of aryl methyl sites for hydroxylation is 1. The van der Waals surface area contributed by atoms with E-state index in [0.29, 0.717) is 11.4 Å². The van der Waals surface area contributed by atoms with Crippen molar-refractivity contribution >= 4 is 44.8 Å². The van der Waals surface area contributed by atoms with E-state index in [1.165, 1.54) is 25.1 Å². The van der Waals surface area contributed by atoms with Crippen LogP contribution in [0.25, 0.3) is 0 Å². The molecule has 0 saturated carbocycles. The van der Waals surface area contributed by atoms with E-state index in [9.17, 15) is 18.0 Å². The van der Waals surface area contributed by atoms with Gasteiger partial charge in [-0.25, -0.2) is 13.1 Å². The molecule has 0 aliphatic heterocycles. The van der Waals surface area contributed by atoms with Crippen molar-refractivity contribution in [3.63, 3.8) is 0 Å². The smallest absolute Gasteiger partial charge is 0.257 e. The molecule has 0 unspecified atom stereocenters. The van der Waals surface area contributed by atoms with Crippen LogP contribution in [-0.2, 0) is 14.8 Å². The number of hydrogen-bond acceptors (Lipinski definition) is 4. The molecule has 0 heterocycles. The van der Waals surface area contributed by atoms with Gasteiger partial charge in [0.15, 0.2) is 0 Å². The summed E-state index contributed by atoms with van der Waals surface area (Å²) in [5.74, 6) is -0.881. The van der Waals surface area contributed by atoms with Gasteiger partial charge >= 0.3 is 0 Å². The molecular weight excluding hydrogens is 402 g/mol. The maximum absolute atomic E-state index is 12.8. The van der Waals surface area contributed by atoms with Crippen LogP contribution >= 0.6 is 11.6 Å². The van der Waals surface area contributed by atoms with Crippen LogP contribution in [0.15, 0.2) is 41.3 Å². The number of benzene rings is 2. The molecule has 0 spiro atoms. The van der Waals surface area contributed by atoms with Crippen molar-refractivity contribution in [2.45, 2.75) is 38.6 Å². The minimum atomic E-state index is -3.78. The van der Waals surface area contributed by atoms with Crippen molar-refractivity contribution in [2.24, 2.45) is 0 Å². The summed E-state index contributed by atoms with van der Waals surface area (Å²) in [7, 11) is -3.78. The lowest BCUT2D eigenvalue weighted by Crippen LogP contribution is -2.30. The molecule has 2 aromatic rings. The first-order chi connectivity index (χ1) is 13.0. The van der Waals surface area contributed by atoms with Gasteiger partial charge in [0, 0.05) is 13.0 Å². The van der Waals surface area contributed by atoms with E-state index in [-0.39, 0.29) is 27.4 Å². The normalized spacial score (nSPS) is 11.4. The topological polar surface area (TPSA) is 104 Å². The largest absolute Gasteiger partial charge is 0.325 e. The van der Waals surface area contributed by atoms with Crippen molar-refractivity contribution in [2.75, 3.05) is 10.6 Å². The van der Waals surface area contributed by atoms with Gasteiger partial charge in [0.2, 0.25) is 15.9 Å². The Bertz CT molecular complexity index is 1020. The van der Waals surface area contributed by atoms with Gasteiger partial charge < -0.3 is 10.6 Å². The number of hydrogen-bond donors (Lipinski definition) is 3. The lowest BCUT2D eigenvalue weighted by Gasteiger charge is -2.14. The van der Waals surface area contributed by atoms with E-state index in [1.54, 1.807) is 32.0 Å². The summed E-state index contributed by atoms with van der Waals surface area (Å²) in [6, 6.07) is 8.76. The molecule has 0 bridgehead atoms. The lowest BCUT2D eigenvalue weighted by atomic mass is 10.1. The molecule has 3 N–H and O–H groups in total. The molecule has 0 atom stereocenters. The summed E-state index contributed by atoms with van der Waals surface area (Å²) in [6.45, 7) is 6.59. The first-order valence-electron chi connectivity index (χ1n) is 8.51. The zero-order valence-corrected chi connectivity index (χ0v) is 17.5. The predicted octanol–water partition coefficient (Wildman–Crippen LogP) is 3.55. The van der Waals surface area contributed by atoms with Crippen LogP contribution in [0.5, 0.6) is 0 Å². The second-order valence-electron chi connectivity index (χ2n) is 6.60. The van der Waals surface area contributed by atoms with Gasteiger partial charge in [0.25, 0.3) is 5.91 Å². The van der Waals surface area contributed by atoms with Crippen molar-refractivity contribution < 1.29 is 18.0 Å². The van der Waals surface area contributed by atoms with Gasteiger partial charge in [-0.15, -0.1) is 0 Å². The number of carbonyl (C=O) groups is 2. The fourth-order valence-electron chi connectivity index (χ4n) is 2.47. The third kappa shape index (κ3) is 5.54. The van der Waals surface area contributed by atoms with Gasteiger partial charge in [-0.3, -0.25) is 9.59 Å². The number of nitrogens with one attached hydrogen (secondary N) is 3. The summed E-state index contributed by atoms with van der Waals surface area (Å²) in [5, 5.41) is 5.42. The molecule has 0 saturated heterocycles. The third-order valence-electron chi connectivity index (χ3n) is 3.62. The quantitative estimate of drug-likeness (QED) is 0.660. The van der Waals surface area contributed by atoms with Crippen LogP contribution in [0.1, 0.15) is 36.7 Å². The van der Waals surface area contributed by atoms with Gasteiger partial charge in [-0.05, 0) is 56.7 Å². The Morgan fingerprint density at radius 2 is 1.68 bits per heavy atom. The minimum absolute atomic E-state index is 0.00331. The SMILES string of the molecule is CC(=O)Nc1ccc(C)cc1NC(=O)c1cc(S(=O)(=O)NC(C)C)ccc1Cl. The van der Waals surface area contributed by atoms with Crippen molar-refractivity contribution in [3.05, 3.63) is 52.5 Å². The van der Waals surface area contributed by atoms with Crippen molar-refractivity contribution in [1.29, 1.82) is 0 Å². The van der Waals surface area contributed by atoms with Gasteiger partial charge in [-0.1, -0.05) is 17.7 Å². The molecule has 7 nitrogen and oxygen atoms in total. The molecule has 0 aromatic heterocycles. The summed E-state index contributed by atoms with van der Waals surface area (Å²) < 4.78 is 27.2. The average molecular weight is 424 g/mol. The fraction of sp³-hybridized carbons (Fsp3) is 0.263. The van der Waals surface area contributed by atoms with E-state index in [1.807, 2.05) is 6.92 Å². The zero-order chi connectivity index (χ0) is 21.1. The standard InChI is InChI=1S/C19H22ClN3O4S/c1-11(2)23-28(26,27)14-6-7-16(20)15(10-14)19(25)22-18-9-12(3)5-8-17(18)21-13(4)24/h5-11,23H,1-4H3,(H,21,24)(H,22,25). The summed E-state index contributed by atoms with van der Waals surface area (Å²) in [6.07, 6.45) is 0. The van der Waals surface area contributed by atoms with Crippen LogP contribution in [0.3, 0.4) is 0 Å². The van der Waals surface area contributed by atoms with Crippen molar-refractivity contribution in [3.8, 4) is 0 Å². The van der Waals surface area contributed by atoms with E-state index in [4.69, 9.17) is 11.6 Å². The Kier molecular flexibility index (Phi) is 6.82. The molecule has 150 valence electrons. The molecule has 0 aliphatic rings. The Hall–Kier alpha value is -2.42. The highest BCUT2D eigenvalue weighted by atomic mass is 35.5. The van der Waals surface area contributed by atoms with Crippen LogP contribution in [0.2, 0.25) is 5.02 Å². The molecule has 0 radical (unpaired) electrons. The summed E-state index contributed by atoms with van der Waals surface area (Å²) in [4.78, 5) is 24.1. The van der Waals surface area contributed by atoms with Crippen LogP contribution < -0.4 is 15.4 Å². The molecule has 0 aliphatic carbocycles. The highest BCUT2D eigenvalue weighted by Gasteiger charge is 2.20. The monoisotopic (exact) mass is 423 g/mol. The summed E-state index contributed by atoms with van der Waals surface area (Å²) >= 11 is 6.12. The Morgan fingerprint density at radius 1 is 1.00 bits per heavy atom. The number of amides is 2. The Labute approximate surface area is 169 Å². The second-order valence-corrected chi connectivity index (χ2v) is 8.72. The van der Waals surface area contributed by atoms with E-state index < -0.39 is 15.9 Å². The van der Waals surface area contributed by atoms with E-state index in [0.717, 1.165) is 5.56 Å². The highest BCUT2D eigenvalue weighted by Crippen LogP contribution is 2.26. The number of sulfonamides is 1. The fourth-order valence-corrected chi connectivity index (χ4v) is 3.95. The highest BCUT2D eigenvalue weighted by molar-refractivity contribution is 7.89. The average Bonchev–Trinajstić information content (AvgIpc) is 2.56. The second kappa shape index (κ2) is 8.72. The zero-order valence-electron chi connectivity index (χ0n) is 16.0. The third-order valence-corrected chi connectivity index (χ3v) is 5.60. The number of rotatable bonds is 6. The molecule has 0 fully saturated rings. The number of anilines is 2. The van der Waals surface area contributed by atoms with E-state index in [2.05, 4.69) is 15.4 Å². The Morgan fingerprint density at radius 3 is 2.29 bits per heavy atom. The molecule has 2 rings (SSSR count). The first-order valence-corrected chi connectivity index (χ1v) is 10.4. The number of carbonyl (C=O) groups excluding carboxylic acids is 2. The molecule has 9 heteroatoms. The van der Waals surface area contributed by atoms with Crippen LogP contribution in [0.4, 0.5) is 11.4 Å². The van der Waals surface area contributed by atoms with Crippen molar-refractivity contribution in [1.82, 2.24) is 4.72 Å². The maximum Gasteiger partial charge on any atom is 0.257 e. The minimum Gasteiger partial charge on any atom is -0.325 e. The van der Waals surface area contributed by atoms with E-state index >= 15 is 0 Å². The summed E-state index contributed by atoms with van der Waals surface area (Å²) in [5.41, 5.74) is 1.68. The van der Waals surface area contributed by atoms with Gasteiger partial charge in [0.1, 0.15) is 0 Å². The first kappa shape index (κ1) is 21.9. The Balaban J connectivity index is 2.39. The van der Waals surface area contributed by atoms with Crippen LogP contribution in [-0.4, -0.2) is 26.3 Å². The van der Waals surface area contributed by atoms with Crippen LogP contribution in [0, 0.1) is 6.92 Å². The molecule has 2 aromatic carbocycles.